The van der Waals surface area contributed by atoms with Crippen LogP contribution in [0, 0.1) is 0 Å². The van der Waals surface area contributed by atoms with Crippen molar-refractivity contribution in [2.24, 2.45) is 11.5 Å². The second kappa shape index (κ2) is 2.43. The van der Waals surface area contributed by atoms with Crippen molar-refractivity contribution in [2.75, 3.05) is 6.54 Å². The van der Waals surface area contributed by atoms with E-state index in [2.05, 4.69) is 0 Å². The lowest BCUT2D eigenvalue weighted by atomic mass is 10.3. The van der Waals surface area contributed by atoms with Gasteiger partial charge in [-0.15, -0.1) is 0 Å². The number of nitrogens with two attached hydrogens (primary N) is 2. The van der Waals surface area contributed by atoms with Gasteiger partial charge in [0.05, 0.1) is 0 Å². The Balaban J connectivity index is 2.73. The number of amides is 2. The van der Waals surface area contributed by atoms with Gasteiger partial charge in [0.25, 0.3) is 0 Å². The molecule has 4 N–H and O–H groups in total. The third-order valence-electron chi connectivity index (χ3n) is 1.27. The zero-order chi connectivity index (χ0) is 7.56. The first-order chi connectivity index (χ1) is 4.72. The summed E-state index contributed by atoms with van der Waals surface area (Å²) in [5.41, 5.74) is 10.4. The van der Waals surface area contributed by atoms with Gasteiger partial charge in [-0.2, -0.15) is 0 Å². The third kappa shape index (κ3) is 1.10. The maximum Gasteiger partial charge on any atom is 0.320 e. The molecule has 0 aromatic carbocycles. The van der Waals surface area contributed by atoms with Gasteiger partial charge in [-0.05, 0) is 6.08 Å². The highest BCUT2D eigenvalue weighted by molar-refractivity contribution is 5.74. The molecule has 10 heavy (non-hydrogen) atoms. The van der Waals surface area contributed by atoms with Crippen molar-refractivity contribution in [3.8, 4) is 0 Å². The molecule has 0 bridgehead atoms. The SMILES string of the molecule is NC(=O)N1CC=CC=C1N. The Bertz CT molecular complexity index is 207. The molecule has 4 heteroatoms. The number of nitrogens with zero attached hydrogens (tertiary/aromatic N) is 1. The van der Waals surface area contributed by atoms with E-state index in [9.17, 15) is 4.79 Å². The molecular weight excluding hydrogens is 130 g/mol. The molecule has 0 aromatic heterocycles. The molecule has 0 spiro atoms. The Morgan fingerprint density at radius 2 is 2.40 bits per heavy atom. The summed E-state index contributed by atoms with van der Waals surface area (Å²) >= 11 is 0. The van der Waals surface area contributed by atoms with E-state index in [-0.39, 0.29) is 0 Å². The largest absolute Gasteiger partial charge is 0.385 e. The van der Waals surface area contributed by atoms with Crippen LogP contribution >= 0.6 is 0 Å². The summed E-state index contributed by atoms with van der Waals surface area (Å²) in [7, 11) is 0. The number of allylic oxidation sites excluding steroid dienone is 2. The Hall–Kier alpha value is -1.45. The van der Waals surface area contributed by atoms with Crippen LogP contribution in [0.15, 0.2) is 24.0 Å². The average molecular weight is 139 g/mol. The maximum atomic E-state index is 10.6. The normalized spacial score (nSPS) is 16.8. The molecule has 1 aliphatic heterocycles. The summed E-state index contributed by atoms with van der Waals surface area (Å²) in [6.45, 7) is 0.470. The van der Waals surface area contributed by atoms with Crippen LogP contribution < -0.4 is 11.5 Å². The molecule has 54 valence electrons. The number of carbonyl (C=O) groups excluding carboxylic acids is 1. The summed E-state index contributed by atoms with van der Waals surface area (Å²) in [6, 6.07) is -0.516. The molecule has 0 aromatic rings. The van der Waals surface area contributed by atoms with Crippen molar-refractivity contribution in [3.63, 3.8) is 0 Å². The van der Waals surface area contributed by atoms with Crippen LogP contribution in [0.25, 0.3) is 0 Å². The van der Waals surface area contributed by atoms with E-state index >= 15 is 0 Å². The summed E-state index contributed by atoms with van der Waals surface area (Å²) in [4.78, 5) is 11.8. The van der Waals surface area contributed by atoms with Gasteiger partial charge in [0.1, 0.15) is 5.82 Å². The molecule has 2 amide bonds. The lowest BCUT2D eigenvalue weighted by Gasteiger charge is -2.20. The molecule has 0 atom stereocenters. The molecule has 0 radical (unpaired) electrons. The molecule has 0 unspecified atom stereocenters. The molecule has 4 nitrogen and oxygen atoms in total. The van der Waals surface area contributed by atoms with E-state index in [4.69, 9.17) is 11.5 Å². The van der Waals surface area contributed by atoms with E-state index in [0.717, 1.165) is 0 Å². The summed E-state index contributed by atoms with van der Waals surface area (Å²) in [5.74, 6) is 0.398. The van der Waals surface area contributed by atoms with E-state index in [1.807, 2.05) is 0 Å². The van der Waals surface area contributed by atoms with Crippen molar-refractivity contribution in [3.05, 3.63) is 24.0 Å². The van der Waals surface area contributed by atoms with Crippen molar-refractivity contribution >= 4 is 6.03 Å². The van der Waals surface area contributed by atoms with Crippen molar-refractivity contribution in [1.82, 2.24) is 4.90 Å². The molecule has 0 fully saturated rings. The quantitative estimate of drug-likeness (QED) is 0.485. The minimum Gasteiger partial charge on any atom is -0.385 e. The lowest BCUT2D eigenvalue weighted by Crippen LogP contribution is -2.39. The van der Waals surface area contributed by atoms with E-state index in [1.165, 1.54) is 4.90 Å². The van der Waals surface area contributed by atoms with Crippen LogP contribution in [0.1, 0.15) is 0 Å². The van der Waals surface area contributed by atoms with Crippen LogP contribution in [0.3, 0.4) is 0 Å². The molecule has 1 aliphatic rings. The second-order valence-electron chi connectivity index (χ2n) is 1.97. The minimum absolute atomic E-state index is 0.398. The monoisotopic (exact) mass is 139 g/mol. The van der Waals surface area contributed by atoms with Crippen molar-refractivity contribution < 1.29 is 4.79 Å². The fourth-order valence-electron chi connectivity index (χ4n) is 0.745. The van der Waals surface area contributed by atoms with Gasteiger partial charge in [0.2, 0.25) is 0 Å². The number of hydrogen-bond donors (Lipinski definition) is 2. The van der Waals surface area contributed by atoms with Crippen LogP contribution in [-0.2, 0) is 0 Å². The van der Waals surface area contributed by atoms with Gasteiger partial charge in [-0.25, -0.2) is 4.79 Å². The number of urea groups is 1. The highest BCUT2D eigenvalue weighted by Gasteiger charge is 2.11. The number of carbonyl (C=O) groups is 1. The second-order valence-corrected chi connectivity index (χ2v) is 1.97. The smallest absolute Gasteiger partial charge is 0.320 e. The van der Waals surface area contributed by atoms with Gasteiger partial charge >= 0.3 is 6.03 Å². The van der Waals surface area contributed by atoms with Crippen LogP contribution in [0.2, 0.25) is 0 Å². The molecular formula is C6H9N3O. The van der Waals surface area contributed by atoms with E-state index in [0.29, 0.717) is 12.4 Å². The van der Waals surface area contributed by atoms with Crippen molar-refractivity contribution in [2.45, 2.75) is 0 Å². The van der Waals surface area contributed by atoms with Crippen LogP contribution in [0.5, 0.6) is 0 Å². The highest BCUT2D eigenvalue weighted by atomic mass is 16.2. The fraction of sp³-hybridized carbons (Fsp3) is 0.167. The van der Waals surface area contributed by atoms with E-state index in [1.54, 1.807) is 18.2 Å². The molecule has 1 rings (SSSR count). The first-order valence-electron chi connectivity index (χ1n) is 2.91. The van der Waals surface area contributed by atoms with Crippen LogP contribution in [-0.4, -0.2) is 17.5 Å². The Labute approximate surface area is 58.8 Å². The maximum absolute atomic E-state index is 10.6. The summed E-state index contributed by atoms with van der Waals surface area (Å²) in [5, 5.41) is 0. The Morgan fingerprint density at radius 1 is 1.70 bits per heavy atom. The van der Waals surface area contributed by atoms with Gasteiger partial charge in [-0.3, -0.25) is 4.90 Å². The molecule has 0 saturated carbocycles. The lowest BCUT2D eigenvalue weighted by molar-refractivity contribution is 0.223. The number of hydrogen-bond acceptors (Lipinski definition) is 2. The predicted molar refractivity (Wildman–Crippen MR) is 37.7 cm³/mol. The van der Waals surface area contributed by atoms with Crippen molar-refractivity contribution in [1.29, 1.82) is 0 Å². The van der Waals surface area contributed by atoms with Gasteiger partial charge in [0, 0.05) is 6.54 Å². The zero-order valence-electron chi connectivity index (χ0n) is 5.45. The first-order valence-corrected chi connectivity index (χ1v) is 2.91. The fourth-order valence-corrected chi connectivity index (χ4v) is 0.745. The summed E-state index contributed by atoms with van der Waals surface area (Å²) < 4.78 is 0. The topological polar surface area (TPSA) is 72.4 Å². The number of primary amides is 1. The minimum atomic E-state index is -0.516. The molecule has 0 aliphatic carbocycles. The number of rotatable bonds is 0. The standard InChI is InChI=1S/C6H9N3O/c7-5-3-1-2-4-9(5)6(8)10/h1-3H,4,7H2,(H2,8,10). The Morgan fingerprint density at radius 3 is 2.80 bits per heavy atom. The highest BCUT2D eigenvalue weighted by Crippen LogP contribution is 2.02. The van der Waals surface area contributed by atoms with Gasteiger partial charge in [0.15, 0.2) is 0 Å². The summed E-state index contributed by atoms with van der Waals surface area (Å²) in [6.07, 6.45) is 5.23. The first kappa shape index (κ1) is 6.67. The van der Waals surface area contributed by atoms with Gasteiger partial charge in [-0.1, -0.05) is 12.2 Å². The Kier molecular flexibility index (Phi) is 1.62. The average Bonchev–Trinajstić information content (AvgIpc) is 1.88. The van der Waals surface area contributed by atoms with E-state index < -0.39 is 6.03 Å². The third-order valence-corrected chi connectivity index (χ3v) is 1.27. The zero-order valence-corrected chi connectivity index (χ0v) is 5.45. The molecule has 0 saturated heterocycles. The molecule has 1 heterocycles. The van der Waals surface area contributed by atoms with Gasteiger partial charge < -0.3 is 11.5 Å². The van der Waals surface area contributed by atoms with Crippen LogP contribution in [0.4, 0.5) is 4.79 Å². The predicted octanol–water partition coefficient (Wildman–Crippen LogP) is -0.263.